The van der Waals surface area contributed by atoms with E-state index in [1.807, 2.05) is 18.2 Å². The van der Waals surface area contributed by atoms with Crippen LogP contribution in [0.25, 0.3) is 0 Å². The molecule has 1 aliphatic carbocycles. The van der Waals surface area contributed by atoms with E-state index in [1.54, 1.807) is 12.1 Å². The van der Waals surface area contributed by atoms with E-state index in [-0.39, 0.29) is 28.1 Å². The number of amides is 1. The number of sulfonamides is 1. The Bertz CT molecular complexity index is 1400. The van der Waals surface area contributed by atoms with Crippen molar-refractivity contribution in [2.75, 3.05) is 32.2 Å². The number of benzene rings is 3. The normalized spacial score (nSPS) is 14.9. The first-order chi connectivity index (χ1) is 17.8. The van der Waals surface area contributed by atoms with Crippen LogP contribution in [0.2, 0.25) is 5.02 Å². The number of rotatable bonds is 9. The summed E-state index contributed by atoms with van der Waals surface area (Å²) in [5, 5.41) is 3.32. The summed E-state index contributed by atoms with van der Waals surface area (Å²) in [6.45, 7) is -0.480. The number of aryl methyl sites for hydroxylation is 1. The number of ether oxygens (including phenoxy) is 3. The Labute approximate surface area is 222 Å². The molecule has 4 rings (SSSR count). The Kier molecular flexibility index (Phi) is 8.14. The van der Waals surface area contributed by atoms with Crippen LogP contribution in [0, 0.1) is 0 Å². The van der Waals surface area contributed by atoms with Crippen LogP contribution in [0.15, 0.2) is 65.6 Å². The van der Waals surface area contributed by atoms with E-state index < -0.39 is 22.5 Å². The van der Waals surface area contributed by atoms with Crippen LogP contribution in [-0.4, -0.2) is 42.2 Å². The average Bonchev–Trinajstić information content (AvgIpc) is 2.91. The fourth-order valence-corrected chi connectivity index (χ4v) is 6.14. The molecule has 37 heavy (non-hydrogen) atoms. The highest BCUT2D eigenvalue weighted by atomic mass is 35.5. The molecule has 1 unspecified atom stereocenters. The maximum absolute atomic E-state index is 14.0. The number of nitrogens with one attached hydrogen (secondary N) is 1. The Morgan fingerprint density at radius 2 is 1.68 bits per heavy atom. The minimum atomic E-state index is -4.26. The second-order valence-corrected chi connectivity index (χ2v) is 10.9. The van der Waals surface area contributed by atoms with Gasteiger partial charge in [0, 0.05) is 11.1 Å². The Balaban J connectivity index is 1.72. The van der Waals surface area contributed by atoms with E-state index in [4.69, 9.17) is 25.8 Å². The van der Waals surface area contributed by atoms with Crippen LogP contribution in [0.1, 0.15) is 30.0 Å². The number of nitrogens with zero attached hydrogens (tertiary/aromatic N) is 1. The van der Waals surface area contributed by atoms with Gasteiger partial charge in [0.2, 0.25) is 5.91 Å². The second kappa shape index (κ2) is 11.3. The van der Waals surface area contributed by atoms with Gasteiger partial charge in [-0.15, -0.1) is 0 Å². The Morgan fingerprint density at radius 3 is 2.41 bits per heavy atom. The van der Waals surface area contributed by atoms with Crippen molar-refractivity contribution in [2.45, 2.75) is 30.2 Å². The molecule has 10 heteroatoms. The topological polar surface area (TPSA) is 94.2 Å². The van der Waals surface area contributed by atoms with E-state index in [9.17, 15) is 13.2 Å². The van der Waals surface area contributed by atoms with Crippen LogP contribution in [0.4, 0.5) is 5.69 Å². The number of fused-ring (bicyclic) bond motifs is 1. The third-order valence-electron chi connectivity index (χ3n) is 6.34. The highest BCUT2D eigenvalue weighted by molar-refractivity contribution is 7.92. The van der Waals surface area contributed by atoms with Crippen molar-refractivity contribution >= 4 is 33.2 Å². The minimum absolute atomic E-state index is 0.0806. The standard InChI is InChI=1S/C27H29ClN2O6S/c1-34-24-13-11-19(28)15-23(24)30(37(32,33)20-12-14-25(35-2)26(16-20)36-3)17-27(31)29-22-10-6-8-18-7-4-5-9-21(18)22/h4-5,7,9,11-16,22H,6,8,10,17H2,1-3H3,(H,29,31). The first kappa shape index (κ1) is 26.6. The highest BCUT2D eigenvalue weighted by Gasteiger charge is 2.32. The third kappa shape index (κ3) is 5.62. The van der Waals surface area contributed by atoms with Crippen molar-refractivity contribution in [3.63, 3.8) is 0 Å². The summed E-state index contributed by atoms with van der Waals surface area (Å²) in [6.07, 6.45) is 2.64. The Hall–Kier alpha value is -3.43. The van der Waals surface area contributed by atoms with Crippen LogP contribution >= 0.6 is 11.6 Å². The van der Waals surface area contributed by atoms with Crippen molar-refractivity contribution in [1.29, 1.82) is 0 Å². The summed E-state index contributed by atoms with van der Waals surface area (Å²) in [5.41, 5.74) is 2.38. The number of carbonyl (C=O) groups is 1. The summed E-state index contributed by atoms with van der Waals surface area (Å²) in [7, 11) is 0.0438. The monoisotopic (exact) mass is 544 g/mol. The number of hydrogen-bond donors (Lipinski definition) is 1. The number of halogens is 1. The molecule has 3 aromatic rings. The third-order valence-corrected chi connectivity index (χ3v) is 8.34. The molecule has 0 heterocycles. The van der Waals surface area contributed by atoms with Crippen LogP contribution in [0.3, 0.4) is 0 Å². The lowest BCUT2D eigenvalue weighted by Crippen LogP contribution is -2.42. The van der Waals surface area contributed by atoms with Gasteiger partial charge in [-0.05, 0) is 60.7 Å². The molecule has 1 amide bonds. The van der Waals surface area contributed by atoms with Crippen molar-refractivity contribution in [3.05, 3.63) is 76.8 Å². The zero-order valence-electron chi connectivity index (χ0n) is 20.9. The van der Waals surface area contributed by atoms with E-state index in [0.717, 1.165) is 29.1 Å². The maximum atomic E-state index is 14.0. The average molecular weight is 545 g/mol. The fourth-order valence-electron chi connectivity index (χ4n) is 4.54. The van der Waals surface area contributed by atoms with Crippen molar-refractivity contribution in [1.82, 2.24) is 5.32 Å². The summed E-state index contributed by atoms with van der Waals surface area (Å²) < 4.78 is 44.9. The molecule has 3 aromatic carbocycles. The first-order valence-corrected chi connectivity index (χ1v) is 13.6. The predicted molar refractivity (Wildman–Crippen MR) is 142 cm³/mol. The van der Waals surface area contributed by atoms with E-state index >= 15 is 0 Å². The van der Waals surface area contributed by atoms with Gasteiger partial charge in [-0.25, -0.2) is 8.42 Å². The van der Waals surface area contributed by atoms with Crippen LogP contribution in [0.5, 0.6) is 17.2 Å². The minimum Gasteiger partial charge on any atom is -0.495 e. The number of carbonyl (C=O) groups excluding carboxylic acids is 1. The lowest BCUT2D eigenvalue weighted by Gasteiger charge is -2.29. The van der Waals surface area contributed by atoms with Crippen molar-refractivity contribution in [3.8, 4) is 17.2 Å². The van der Waals surface area contributed by atoms with Gasteiger partial charge in [-0.2, -0.15) is 0 Å². The van der Waals surface area contributed by atoms with E-state index in [2.05, 4.69) is 11.4 Å². The van der Waals surface area contributed by atoms with Gasteiger partial charge in [-0.3, -0.25) is 9.10 Å². The van der Waals surface area contributed by atoms with Crippen molar-refractivity contribution in [2.24, 2.45) is 0 Å². The SMILES string of the molecule is COc1ccc(S(=O)(=O)N(CC(=O)NC2CCCc3ccccc32)c2cc(Cl)ccc2OC)cc1OC. The Morgan fingerprint density at radius 1 is 0.973 bits per heavy atom. The van der Waals surface area contributed by atoms with Gasteiger partial charge in [0.25, 0.3) is 10.0 Å². The zero-order chi connectivity index (χ0) is 26.6. The predicted octanol–water partition coefficient (Wildman–Crippen LogP) is 4.75. The molecule has 1 aliphatic rings. The molecule has 0 radical (unpaired) electrons. The van der Waals surface area contributed by atoms with Gasteiger partial charge in [0.1, 0.15) is 12.3 Å². The first-order valence-electron chi connectivity index (χ1n) is 11.7. The molecule has 0 fully saturated rings. The summed E-state index contributed by atoms with van der Waals surface area (Å²) in [5.74, 6) is 0.420. The number of anilines is 1. The van der Waals surface area contributed by atoms with Gasteiger partial charge in [-0.1, -0.05) is 35.9 Å². The largest absolute Gasteiger partial charge is 0.495 e. The molecule has 196 valence electrons. The molecular formula is C27H29ClN2O6S. The zero-order valence-corrected chi connectivity index (χ0v) is 22.4. The van der Waals surface area contributed by atoms with Gasteiger partial charge in [0.15, 0.2) is 11.5 Å². The van der Waals surface area contributed by atoms with Crippen LogP contribution < -0.4 is 23.8 Å². The summed E-state index contributed by atoms with van der Waals surface area (Å²) in [4.78, 5) is 13.3. The van der Waals surface area contributed by atoms with E-state index in [0.29, 0.717) is 10.8 Å². The lowest BCUT2D eigenvalue weighted by molar-refractivity contribution is -0.120. The number of hydrogen-bond acceptors (Lipinski definition) is 6. The maximum Gasteiger partial charge on any atom is 0.265 e. The van der Waals surface area contributed by atoms with Gasteiger partial charge >= 0.3 is 0 Å². The highest BCUT2D eigenvalue weighted by Crippen LogP contribution is 2.37. The summed E-state index contributed by atoms with van der Waals surface area (Å²) in [6, 6.07) is 16.6. The second-order valence-electron chi connectivity index (χ2n) is 8.56. The molecule has 0 saturated heterocycles. The van der Waals surface area contributed by atoms with Gasteiger partial charge < -0.3 is 19.5 Å². The molecular weight excluding hydrogens is 516 g/mol. The quantitative estimate of drug-likeness (QED) is 0.417. The molecule has 0 aliphatic heterocycles. The molecule has 0 aromatic heterocycles. The van der Waals surface area contributed by atoms with Crippen LogP contribution in [-0.2, 0) is 21.2 Å². The lowest BCUT2D eigenvalue weighted by atomic mass is 9.88. The van der Waals surface area contributed by atoms with Crippen molar-refractivity contribution < 1.29 is 27.4 Å². The molecule has 8 nitrogen and oxygen atoms in total. The molecule has 0 saturated carbocycles. The molecule has 1 atom stereocenters. The summed E-state index contributed by atoms with van der Waals surface area (Å²) >= 11 is 6.24. The molecule has 0 spiro atoms. The molecule has 1 N–H and O–H groups in total. The smallest absolute Gasteiger partial charge is 0.265 e. The fraction of sp³-hybridized carbons (Fsp3) is 0.296. The van der Waals surface area contributed by atoms with Gasteiger partial charge in [0.05, 0.1) is 38.0 Å². The van der Waals surface area contributed by atoms with E-state index in [1.165, 1.54) is 51.2 Å². The molecule has 0 bridgehead atoms. The number of methoxy groups -OCH3 is 3.